The van der Waals surface area contributed by atoms with Gasteiger partial charge in [-0.2, -0.15) is 0 Å². The average Bonchev–Trinajstić information content (AvgIpc) is 2.38. The van der Waals surface area contributed by atoms with Crippen LogP contribution in [0.1, 0.15) is 22.7 Å². The molecule has 0 heterocycles. The quantitative estimate of drug-likeness (QED) is 0.843. The summed E-state index contributed by atoms with van der Waals surface area (Å²) in [5, 5.41) is 4.10. The van der Waals surface area contributed by atoms with Gasteiger partial charge in [0.15, 0.2) is 0 Å². The average molecular weight is 312 g/mol. The van der Waals surface area contributed by atoms with Crippen LogP contribution in [0, 0.1) is 12.7 Å². The van der Waals surface area contributed by atoms with Crippen LogP contribution >= 0.6 is 23.2 Å². The fraction of sp³-hybridized carbons (Fsp3) is 0.250. The Morgan fingerprint density at radius 3 is 2.50 bits per heavy atom. The Balaban J connectivity index is 2.26. The van der Waals surface area contributed by atoms with Crippen LogP contribution in [0.4, 0.5) is 4.39 Å². The molecule has 4 heteroatoms. The predicted molar refractivity (Wildman–Crippen MR) is 83.1 cm³/mol. The molecule has 0 bridgehead atoms. The first-order chi connectivity index (χ1) is 9.49. The van der Waals surface area contributed by atoms with Crippen molar-refractivity contribution in [3.05, 3.63) is 69.0 Å². The summed E-state index contributed by atoms with van der Waals surface area (Å²) in [6, 6.07) is 10.9. The minimum absolute atomic E-state index is 0.0768. The van der Waals surface area contributed by atoms with Gasteiger partial charge in [0.2, 0.25) is 0 Å². The standard InChI is InChI=1S/C16H16Cl2FN/c1-10-5-12(9-13(17)6-10)16(20-2)8-11-3-4-14(18)15(19)7-11/h3-7,9,16,20H,8H2,1-2H3. The largest absolute Gasteiger partial charge is 0.313 e. The number of hydrogen-bond donors (Lipinski definition) is 1. The summed E-state index contributed by atoms with van der Waals surface area (Å²) in [6.45, 7) is 2.00. The van der Waals surface area contributed by atoms with E-state index in [0.29, 0.717) is 11.4 Å². The Kier molecular flexibility index (Phi) is 5.03. The summed E-state index contributed by atoms with van der Waals surface area (Å²) >= 11 is 11.8. The molecular formula is C16H16Cl2FN. The topological polar surface area (TPSA) is 12.0 Å². The normalized spacial score (nSPS) is 12.4. The molecule has 0 amide bonds. The molecule has 0 saturated carbocycles. The van der Waals surface area contributed by atoms with Crippen molar-refractivity contribution in [2.75, 3.05) is 7.05 Å². The molecule has 0 fully saturated rings. The fourth-order valence-corrected chi connectivity index (χ4v) is 2.67. The van der Waals surface area contributed by atoms with Crippen molar-refractivity contribution >= 4 is 23.2 Å². The van der Waals surface area contributed by atoms with Crippen molar-refractivity contribution in [3.8, 4) is 0 Å². The molecule has 0 aliphatic carbocycles. The summed E-state index contributed by atoms with van der Waals surface area (Å²) in [7, 11) is 1.88. The van der Waals surface area contributed by atoms with Crippen LogP contribution in [0.5, 0.6) is 0 Å². The SMILES string of the molecule is CNC(Cc1ccc(Cl)c(F)c1)c1cc(C)cc(Cl)c1. The van der Waals surface area contributed by atoms with Crippen LogP contribution in [0.2, 0.25) is 10.0 Å². The van der Waals surface area contributed by atoms with Crippen LogP contribution in [0.15, 0.2) is 36.4 Å². The number of rotatable bonds is 4. The molecule has 0 radical (unpaired) electrons. The Labute approximate surface area is 128 Å². The summed E-state index contributed by atoms with van der Waals surface area (Å²) in [5.74, 6) is -0.388. The van der Waals surface area contributed by atoms with Gasteiger partial charge in [0.05, 0.1) is 5.02 Å². The first-order valence-electron chi connectivity index (χ1n) is 6.38. The lowest BCUT2D eigenvalue weighted by Crippen LogP contribution is -2.19. The first kappa shape index (κ1) is 15.3. The second kappa shape index (κ2) is 6.57. The van der Waals surface area contributed by atoms with Crippen molar-refractivity contribution < 1.29 is 4.39 Å². The number of nitrogens with one attached hydrogen (secondary N) is 1. The van der Waals surface area contributed by atoms with Gasteiger partial charge in [0.1, 0.15) is 5.82 Å². The summed E-state index contributed by atoms with van der Waals surface area (Å²) in [4.78, 5) is 0. The highest BCUT2D eigenvalue weighted by Crippen LogP contribution is 2.24. The summed E-state index contributed by atoms with van der Waals surface area (Å²) in [6.07, 6.45) is 0.671. The molecule has 1 N–H and O–H groups in total. The van der Waals surface area contributed by atoms with E-state index < -0.39 is 0 Å². The maximum absolute atomic E-state index is 13.5. The van der Waals surface area contributed by atoms with E-state index in [1.807, 2.05) is 32.2 Å². The van der Waals surface area contributed by atoms with E-state index in [1.165, 1.54) is 6.07 Å². The highest BCUT2D eigenvalue weighted by atomic mass is 35.5. The van der Waals surface area contributed by atoms with E-state index in [2.05, 4.69) is 11.4 Å². The molecule has 1 atom stereocenters. The van der Waals surface area contributed by atoms with Crippen molar-refractivity contribution in [1.82, 2.24) is 5.32 Å². The van der Waals surface area contributed by atoms with Crippen LogP contribution < -0.4 is 5.32 Å². The molecular weight excluding hydrogens is 296 g/mol. The third-order valence-electron chi connectivity index (χ3n) is 3.24. The Morgan fingerprint density at radius 1 is 1.15 bits per heavy atom. The summed E-state index contributed by atoms with van der Waals surface area (Å²) in [5.41, 5.74) is 3.09. The third-order valence-corrected chi connectivity index (χ3v) is 3.76. The van der Waals surface area contributed by atoms with E-state index in [4.69, 9.17) is 23.2 Å². The zero-order chi connectivity index (χ0) is 14.7. The van der Waals surface area contributed by atoms with Crippen LogP contribution in [0.3, 0.4) is 0 Å². The maximum atomic E-state index is 13.5. The molecule has 20 heavy (non-hydrogen) atoms. The van der Waals surface area contributed by atoms with E-state index in [0.717, 1.165) is 16.7 Å². The lowest BCUT2D eigenvalue weighted by molar-refractivity contribution is 0.584. The lowest BCUT2D eigenvalue weighted by atomic mass is 9.97. The van der Waals surface area contributed by atoms with E-state index in [1.54, 1.807) is 6.07 Å². The second-order valence-corrected chi connectivity index (χ2v) is 5.70. The molecule has 1 nitrogen and oxygen atoms in total. The van der Waals surface area contributed by atoms with Gasteiger partial charge in [-0.25, -0.2) is 4.39 Å². The van der Waals surface area contributed by atoms with E-state index >= 15 is 0 Å². The van der Waals surface area contributed by atoms with Gasteiger partial charge in [-0.3, -0.25) is 0 Å². The molecule has 2 aromatic carbocycles. The molecule has 2 aromatic rings. The Morgan fingerprint density at radius 2 is 1.90 bits per heavy atom. The molecule has 0 spiro atoms. The van der Waals surface area contributed by atoms with Gasteiger partial charge < -0.3 is 5.32 Å². The molecule has 2 rings (SSSR count). The van der Waals surface area contributed by atoms with Crippen molar-refractivity contribution in [3.63, 3.8) is 0 Å². The van der Waals surface area contributed by atoms with Crippen LogP contribution in [-0.2, 0) is 6.42 Å². The molecule has 0 aliphatic heterocycles. The van der Waals surface area contributed by atoms with Crippen molar-refractivity contribution in [1.29, 1.82) is 0 Å². The lowest BCUT2D eigenvalue weighted by Gasteiger charge is -2.18. The molecule has 1 unspecified atom stereocenters. The van der Waals surface area contributed by atoms with Gasteiger partial charge in [-0.05, 0) is 61.3 Å². The molecule has 106 valence electrons. The molecule has 0 aliphatic rings. The zero-order valence-electron chi connectivity index (χ0n) is 11.4. The smallest absolute Gasteiger partial charge is 0.142 e. The highest BCUT2D eigenvalue weighted by molar-refractivity contribution is 6.31. The Bertz CT molecular complexity index is 593. The Hall–Kier alpha value is -1.09. The first-order valence-corrected chi connectivity index (χ1v) is 7.13. The number of benzene rings is 2. The minimum Gasteiger partial charge on any atom is -0.313 e. The van der Waals surface area contributed by atoms with Crippen LogP contribution in [0.25, 0.3) is 0 Å². The number of aryl methyl sites for hydroxylation is 1. The van der Waals surface area contributed by atoms with Crippen molar-refractivity contribution in [2.24, 2.45) is 0 Å². The van der Waals surface area contributed by atoms with E-state index in [-0.39, 0.29) is 16.9 Å². The van der Waals surface area contributed by atoms with Gasteiger partial charge in [-0.1, -0.05) is 35.3 Å². The predicted octanol–water partition coefficient (Wildman–Crippen LogP) is 4.94. The highest BCUT2D eigenvalue weighted by Gasteiger charge is 2.12. The van der Waals surface area contributed by atoms with Gasteiger partial charge in [0, 0.05) is 11.1 Å². The number of halogens is 3. The van der Waals surface area contributed by atoms with Crippen molar-refractivity contribution in [2.45, 2.75) is 19.4 Å². The van der Waals surface area contributed by atoms with Gasteiger partial charge in [0.25, 0.3) is 0 Å². The van der Waals surface area contributed by atoms with Crippen LogP contribution in [-0.4, -0.2) is 7.05 Å². The van der Waals surface area contributed by atoms with Gasteiger partial charge >= 0.3 is 0 Å². The third kappa shape index (κ3) is 3.72. The fourth-order valence-electron chi connectivity index (χ4n) is 2.25. The monoisotopic (exact) mass is 311 g/mol. The second-order valence-electron chi connectivity index (χ2n) is 4.86. The maximum Gasteiger partial charge on any atom is 0.142 e. The zero-order valence-corrected chi connectivity index (χ0v) is 12.9. The minimum atomic E-state index is -0.388. The molecule has 0 aromatic heterocycles. The summed E-state index contributed by atoms with van der Waals surface area (Å²) < 4.78 is 13.5. The van der Waals surface area contributed by atoms with E-state index in [9.17, 15) is 4.39 Å². The van der Waals surface area contributed by atoms with Gasteiger partial charge in [-0.15, -0.1) is 0 Å². The number of likely N-dealkylation sites (N-methyl/N-ethyl adjacent to an activating group) is 1. The number of hydrogen-bond acceptors (Lipinski definition) is 1. The molecule has 0 saturated heterocycles.